The van der Waals surface area contributed by atoms with Gasteiger partial charge in [0.05, 0.1) is 10.2 Å². The monoisotopic (exact) mass is 212 g/mol. The fraction of sp³-hybridized carbons (Fsp3) is 0.222. The third-order valence-corrected chi connectivity index (χ3v) is 4.06. The highest BCUT2D eigenvalue weighted by Gasteiger charge is 2.02. The average Bonchev–Trinajstić information content (AvgIpc) is 2.42. The number of aromatic nitrogens is 1. The minimum atomic E-state index is -0.0215. The van der Waals surface area contributed by atoms with Crippen LogP contribution in [0.3, 0.4) is 0 Å². The summed E-state index contributed by atoms with van der Waals surface area (Å²) in [4.78, 5) is 5.63. The zero-order valence-corrected chi connectivity index (χ0v) is 9.32. The Morgan fingerprint density at radius 1 is 1.38 bits per heavy atom. The second kappa shape index (κ2) is 3.20. The van der Waals surface area contributed by atoms with Crippen LogP contribution in [0.2, 0.25) is 0 Å². The molecule has 0 unspecified atom stereocenters. The first kappa shape index (κ1) is 8.84. The third kappa shape index (κ3) is 1.64. The SMILES string of the molecule is C[SH](C)c1ccc2nc(N)sc2c1. The minimum absolute atomic E-state index is 0.0215. The summed E-state index contributed by atoms with van der Waals surface area (Å²) >= 11 is 1.56. The maximum absolute atomic E-state index is 5.63. The van der Waals surface area contributed by atoms with Crippen LogP contribution in [0.5, 0.6) is 0 Å². The summed E-state index contributed by atoms with van der Waals surface area (Å²) in [7, 11) is -0.0215. The number of nitrogens with zero attached hydrogens (tertiary/aromatic N) is 1. The smallest absolute Gasteiger partial charge is 0.181 e. The van der Waals surface area contributed by atoms with Gasteiger partial charge >= 0.3 is 0 Å². The molecule has 0 atom stereocenters. The molecular formula is C9H12N2S2. The standard InChI is InChI=1S/C9H12N2S2/c1-13(2)6-3-4-7-8(5-6)12-9(10)11-7/h3-5,13H,1-2H3,(H2,10,11). The number of nitrogens with two attached hydrogens (primary N) is 1. The Morgan fingerprint density at radius 3 is 2.85 bits per heavy atom. The molecule has 2 N–H and O–H groups in total. The maximum Gasteiger partial charge on any atom is 0.181 e. The van der Waals surface area contributed by atoms with E-state index in [-0.39, 0.29) is 10.9 Å². The van der Waals surface area contributed by atoms with Crippen LogP contribution >= 0.6 is 22.2 Å². The van der Waals surface area contributed by atoms with Crippen molar-refractivity contribution < 1.29 is 0 Å². The average molecular weight is 212 g/mol. The third-order valence-electron chi connectivity index (χ3n) is 1.90. The molecule has 2 rings (SSSR count). The van der Waals surface area contributed by atoms with E-state index in [4.69, 9.17) is 5.73 Å². The molecule has 1 heterocycles. The minimum Gasteiger partial charge on any atom is -0.375 e. The maximum atomic E-state index is 5.63. The van der Waals surface area contributed by atoms with E-state index >= 15 is 0 Å². The highest BCUT2D eigenvalue weighted by Crippen LogP contribution is 2.33. The van der Waals surface area contributed by atoms with Gasteiger partial charge in [-0.1, -0.05) is 11.3 Å². The van der Waals surface area contributed by atoms with E-state index in [0.29, 0.717) is 5.13 Å². The Labute approximate surface area is 84.1 Å². The molecular weight excluding hydrogens is 200 g/mol. The first-order valence-electron chi connectivity index (χ1n) is 4.00. The lowest BCUT2D eigenvalue weighted by atomic mass is 10.3. The summed E-state index contributed by atoms with van der Waals surface area (Å²) < 4.78 is 1.20. The van der Waals surface area contributed by atoms with Gasteiger partial charge in [-0.05, 0) is 35.6 Å². The van der Waals surface area contributed by atoms with Crippen molar-refractivity contribution in [2.75, 3.05) is 18.2 Å². The Kier molecular flexibility index (Phi) is 2.17. The quantitative estimate of drug-likeness (QED) is 0.713. The van der Waals surface area contributed by atoms with Gasteiger partial charge in [-0.25, -0.2) is 15.9 Å². The van der Waals surface area contributed by atoms with Crippen molar-refractivity contribution in [2.24, 2.45) is 0 Å². The Hall–Kier alpha value is -0.740. The lowest BCUT2D eigenvalue weighted by Crippen LogP contribution is -1.79. The predicted molar refractivity (Wildman–Crippen MR) is 63.1 cm³/mol. The molecule has 2 nitrogen and oxygen atoms in total. The number of fused-ring (bicyclic) bond motifs is 1. The summed E-state index contributed by atoms with van der Waals surface area (Å²) in [6, 6.07) is 6.40. The summed E-state index contributed by atoms with van der Waals surface area (Å²) in [5, 5.41) is 0.656. The van der Waals surface area contributed by atoms with Crippen molar-refractivity contribution in [3.8, 4) is 0 Å². The Bertz CT molecular complexity index is 434. The fourth-order valence-electron chi connectivity index (χ4n) is 1.21. The second-order valence-corrected chi connectivity index (χ2v) is 6.47. The van der Waals surface area contributed by atoms with E-state index < -0.39 is 0 Å². The van der Waals surface area contributed by atoms with Crippen molar-refractivity contribution in [3.05, 3.63) is 18.2 Å². The molecule has 0 aliphatic rings. The molecule has 0 saturated heterocycles. The van der Waals surface area contributed by atoms with Gasteiger partial charge in [0.2, 0.25) is 0 Å². The molecule has 1 aromatic heterocycles. The number of hydrogen-bond acceptors (Lipinski definition) is 3. The van der Waals surface area contributed by atoms with Crippen molar-refractivity contribution in [3.63, 3.8) is 0 Å². The summed E-state index contributed by atoms with van der Waals surface area (Å²) in [5.74, 6) is 0. The highest BCUT2D eigenvalue weighted by molar-refractivity contribution is 8.15. The zero-order chi connectivity index (χ0) is 9.42. The van der Waals surface area contributed by atoms with Crippen molar-refractivity contribution in [1.82, 2.24) is 4.98 Å². The summed E-state index contributed by atoms with van der Waals surface area (Å²) in [6.45, 7) is 0. The molecule has 0 radical (unpaired) electrons. The van der Waals surface area contributed by atoms with Crippen LogP contribution in [-0.2, 0) is 0 Å². The van der Waals surface area contributed by atoms with Crippen molar-refractivity contribution in [1.29, 1.82) is 0 Å². The van der Waals surface area contributed by atoms with Gasteiger partial charge in [-0.15, -0.1) is 0 Å². The molecule has 4 heteroatoms. The van der Waals surface area contributed by atoms with Crippen LogP contribution in [0.15, 0.2) is 23.1 Å². The predicted octanol–water partition coefficient (Wildman–Crippen LogP) is 2.50. The Balaban J connectivity index is 2.61. The first-order valence-corrected chi connectivity index (χ1v) is 7.05. The van der Waals surface area contributed by atoms with E-state index in [2.05, 4.69) is 35.7 Å². The molecule has 70 valence electrons. The molecule has 0 spiro atoms. The van der Waals surface area contributed by atoms with Gasteiger partial charge in [0.1, 0.15) is 0 Å². The van der Waals surface area contributed by atoms with E-state index in [1.807, 2.05) is 0 Å². The lowest BCUT2D eigenvalue weighted by molar-refractivity contribution is 1.45. The molecule has 0 saturated carbocycles. The van der Waals surface area contributed by atoms with E-state index in [0.717, 1.165) is 5.52 Å². The summed E-state index contributed by atoms with van der Waals surface area (Å²) in [5.41, 5.74) is 6.65. The summed E-state index contributed by atoms with van der Waals surface area (Å²) in [6.07, 6.45) is 4.50. The Morgan fingerprint density at radius 2 is 2.15 bits per heavy atom. The molecule has 0 bridgehead atoms. The van der Waals surface area contributed by atoms with Crippen LogP contribution in [0.4, 0.5) is 5.13 Å². The topological polar surface area (TPSA) is 38.9 Å². The second-order valence-electron chi connectivity index (χ2n) is 3.10. The molecule has 13 heavy (non-hydrogen) atoms. The zero-order valence-electron chi connectivity index (χ0n) is 7.61. The van der Waals surface area contributed by atoms with Crippen LogP contribution in [0, 0.1) is 0 Å². The van der Waals surface area contributed by atoms with E-state index in [1.54, 1.807) is 11.3 Å². The van der Waals surface area contributed by atoms with Gasteiger partial charge in [-0.3, -0.25) is 0 Å². The molecule has 0 amide bonds. The van der Waals surface area contributed by atoms with Gasteiger partial charge in [0, 0.05) is 0 Å². The van der Waals surface area contributed by atoms with Gasteiger partial charge in [0.15, 0.2) is 5.13 Å². The van der Waals surface area contributed by atoms with E-state index in [9.17, 15) is 0 Å². The first-order chi connectivity index (χ1) is 6.16. The number of thiol groups is 1. The van der Waals surface area contributed by atoms with Crippen LogP contribution < -0.4 is 5.73 Å². The van der Waals surface area contributed by atoms with E-state index in [1.165, 1.54) is 9.60 Å². The van der Waals surface area contributed by atoms with Crippen LogP contribution in [0.1, 0.15) is 0 Å². The largest absolute Gasteiger partial charge is 0.375 e. The molecule has 0 aliphatic heterocycles. The van der Waals surface area contributed by atoms with Gasteiger partial charge < -0.3 is 5.73 Å². The highest BCUT2D eigenvalue weighted by atomic mass is 32.2. The molecule has 1 aromatic carbocycles. The van der Waals surface area contributed by atoms with Crippen molar-refractivity contribution in [2.45, 2.75) is 4.90 Å². The molecule has 0 fully saturated rings. The molecule has 0 aliphatic carbocycles. The van der Waals surface area contributed by atoms with Crippen molar-refractivity contribution >= 4 is 37.6 Å². The van der Waals surface area contributed by atoms with Crippen LogP contribution in [0.25, 0.3) is 10.2 Å². The lowest BCUT2D eigenvalue weighted by Gasteiger charge is -2.08. The number of thiazole rings is 1. The number of rotatable bonds is 1. The number of anilines is 1. The van der Waals surface area contributed by atoms with Gasteiger partial charge in [0.25, 0.3) is 0 Å². The van der Waals surface area contributed by atoms with Crippen LogP contribution in [-0.4, -0.2) is 17.5 Å². The number of benzene rings is 1. The fourth-order valence-corrected chi connectivity index (χ4v) is 2.83. The van der Waals surface area contributed by atoms with Gasteiger partial charge in [-0.2, -0.15) is 0 Å². The number of hydrogen-bond donors (Lipinski definition) is 2. The molecule has 2 aromatic rings. The number of nitrogen functional groups attached to an aromatic ring is 1. The normalized spacial score (nSPS) is 12.0.